The van der Waals surface area contributed by atoms with E-state index in [1.807, 2.05) is 0 Å². The molecule has 4 aliphatic rings. The van der Waals surface area contributed by atoms with E-state index in [-0.39, 0.29) is 11.4 Å². The predicted octanol–water partition coefficient (Wildman–Crippen LogP) is 1.89. The molecule has 0 aromatic heterocycles. The first-order valence-electron chi connectivity index (χ1n) is 8.92. The first kappa shape index (κ1) is 16.7. The Morgan fingerprint density at radius 1 is 1.00 bits per heavy atom. The van der Waals surface area contributed by atoms with Crippen molar-refractivity contribution < 1.29 is 13.2 Å². The molecule has 1 aromatic carbocycles. The summed E-state index contributed by atoms with van der Waals surface area (Å²) in [5, 5.41) is 4.38. The molecule has 0 unspecified atom stereocenters. The summed E-state index contributed by atoms with van der Waals surface area (Å²) in [6, 6.07) is 8.02. The van der Waals surface area contributed by atoms with Gasteiger partial charge in [0, 0.05) is 5.71 Å². The van der Waals surface area contributed by atoms with E-state index in [4.69, 9.17) is 0 Å². The van der Waals surface area contributed by atoms with E-state index in [0.29, 0.717) is 11.8 Å². The summed E-state index contributed by atoms with van der Waals surface area (Å²) in [4.78, 5) is 12.2. The van der Waals surface area contributed by atoms with Crippen molar-refractivity contribution in [2.24, 2.45) is 28.8 Å². The van der Waals surface area contributed by atoms with Crippen molar-refractivity contribution in [3.05, 3.63) is 30.3 Å². The van der Waals surface area contributed by atoms with Crippen molar-refractivity contribution >= 4 is 21.6 Å². The van der Waals surface area contributed by atoms with Crippen molar-refractivity contribution in [3.8, 4) is 0 Å². The van der Waals surface area contributed by atoms with Crippen LogP contribution in [0.4, 0.5) is 0 Å². The largest absolute Gasteiger partial charge is 0.272 e. The van der Waals surface area contributed by atoms with E-state index in [0.717, 1.165) is 17.5 Å². The zero-order valence-corrected chi connectivity index (χ0v) is 14.8. The lowest BCUT2D eigenvalue weighted by atomic mass is 9.55. The number of carbonyl (C=O) groups is 1. The molecule has 134 valence electrons. The summed E-state index contributed by atoms with van der Waals surface area (Å²) in [6.45, 7) is -0.311. The number of hydrogen-bond donors (Lipinski definition) is 2. The minimum atomic E-state index is -3.67. The average Bonchev–Trinajstić information content (AvgIpc) is 2.60. The molecule has 0 heterocycles. The van der Waals surface area contributed by atoms with Gasteiger partial charge in [0.25, 0.3) is 5.91 Å². The van der Waals surface area contributed by atoms with E-state index in [1.165, 1.54) is 44.2 Å². The van der Waals surface area contributed by atoms with Gasteiger partial charge in [0.05, 0.1) is 11.4 Å². The maximum Gasteiger partial charge on any atom is 0.255 e. The molecule has 7 heteroatoms. The topological polar surface area (TPSA) is 87.6 Å². The van der Waals surface area contributed by atoms with E-state index < -0.39 is 15.9 Å². The van der Waals surface area contributed by atoms with Crippen molar-refractivity contribution in [1.29, 1.82) is 0 Å². The Hall–Kier alpha value is -1.73. The number of benzene rings is 1. The van der Waals surface area contributed by atoms with Crippen LogP contribution in [0.15, 0.2) is 40.3 Å². The third kappa shape index (κ3) is 3.48. The van der Waals surface area contributed by atoms with Crippen molar-refractivity contribution in [1.82, 2.24) is 10.1 Å². The maximum atomic E-state index is 12.1. The maximum absolute atomic E-state index is 12.1. The first-order valence-corrected chi connectivity index (χ1v) is 10.4. The lowest BCUT2D eigenvalue weighted by molar-refractivity contribution is -0.119. The minimum Gasteiger partial charge on any atom is -0.272 e. The van der Waals surface area contributed by atoms with Gasteiger partial charge >= 0.3 is 0 Å². The number of hydrogen-bond acceptors (Lipinski definition) is 4. The second kappa shape index (κ2) is 6.53. The molecule has 0 saturated heterocycles. The van der Waals surface area contributed by atoms with Crippen LogP contribution in [0.5, 0.6) is 0 Å². The number of amides is 1. The third-order valence-corrected chi connectivity index (χ3v) is 7.18. The van der Waals surface area contributed by atoms with Gasteiger partial charge in [-0.05, 0) is 67.9 Å². The Balaban J connectivity index is 1.34. The summed E-state index contributed by atoms with van der Waals surface area (Å²) in [5.41, 5.74) is 3.69. The van der Waals surface area contributed by atoms with E-state index in [2.05, 4.69) is 15.2 Å². The normalized spacial score (nSPS) is 30.3. The fourth-order valence-corrected chi connectivity index (χ4v) is 5.86. The summed E-state index contributed by atoms with van der Waals surface area (Å²) < 4.78 is 26.6. The fraction of sp³-hybridized carbons (Fsp3) is 0.556. The van der Waals surface area contributed by atoms with Crippen molar-refractivity contribution in [2.45, 2.75) is 37.0 Å². The van der Waals surface area contributed by atoms with Crippen molar-refractivity contribution in [3.63, 3.8) is 0 Å². The minimum absolute atomic E-state index is 0.148. The summed E-state index contributed by atoms with van der Waals surface area (Å²) >= 11 is 0. The van der Waals surface area contributed by atoms with Crippen LogP contribution >= 0.6 is 0 Å². The summed E-state index contributed by atoms with van der Waals surface area (Å²) in [7, 11) is -3.67. The Kier molecular flexibility index (Phi) is 4.37. The molecule has 4 fully saturated rings. The van der Waals surface area contributed by atoms with Crippen LogP contribution in [-0.2, 0) is 14.8 Å². The molecule has 1 aromatic rings. The van der Waals surface area contributed by atoms with Gasteiger partial charge in [0.2, 0.25) is 10.0 Å². The number of carbonyl (C=O) groups excluding carboxylic acids is 1. The Bertz CT molecular complexity index is 759. The molecule has 5 rings (SSSR count). The van der Waals surface area contributed by atoms with Crippen LogP contribution in [-0.4, -0.2) is 26.6 Å². The Morgan fingerprint density at radius 2 is 1.60 bits per heavy atom. The molecule has 4 bridgehead atoms. The zero-order chi connectivity index (χ0) is 17.4. The second-order valence-electron chi connectivity index (χ2n) is 7.51. The number of sulfonamides is 1. The van der Waals surface area contributed by atoms with Crippen LogP contribution in [0.2, 0.25) is 0 Å². The average molecular weight is 361 g/mol. The third-order valence-electron chi connectivity index (χ3n) is 5.76. The van der Waals surface area contributed by atoms with Crippen molar-refractivity contribution in [2.75, 3.05) is 6.54 Å². The lowest BCUT2D eigenvalue weighted by Crippen LogP contribution is -2.46. The van der Waals surface area contributed by atoms with E-state index in [1.54, 1.807) is 18.2 Å². The fourth-order valence-electron chi connectivity index (χ4n) is 4.86. The first-order chi connectivity index (χ1) is 12.0. The number of nitrogens with one attached hydrogen (secondary N) is 2. The molecule has 25 heavy (non-hydrogen) atoms. The molecule has 0 radical (unpaired) electrons. The molecule has 6 nitrogen and oxygen atoms in total. The highest BCUT2D eigenvalue weighted by atomic mass is 32.2. The Morgan fingerprint density at radius 3 is 2.20 bits per heavy atom. The molecule has 4 saturated carbocycles. The Labute approximate surface area is 148 Å². The van der Waals surface area contributed by atoms with Gasteiger partial charge in [0.1, 0.15) is 0 Å². The van der Waals surface area contributed by atoms with Gasteiger partial charge in [-0.1, -0.05) is 18.2 Å². The highest BCUT2D eigenvalue weighted by Gasteiger charge is 2.46. The van der Waals surface area contributed by atoms with Crippen LogP contribution in [0.25, 0.3) is 0 Å². The molecule has 0 atom stereocenters. The predicted molar refractivity (Wildman–Crippen MR) is 94.3 cm³/mol. The highest BCUT2D eigenvalue weighted by molar-refractivity contribution is 7.89. The van der Waals surface area contributed by atoms with Gasteiger partial charge < -0.3 is 0 Å². The lowest BCUT2D eigenvalue weighted by Gasteiger charge is -2.50. The SMILES string of the molecule is O=C(CNS(=O)(=O)c1ccccc1)NN=C1C2CC3CC(C2)CC1C3. The number of nitrogens with zero attached hydrogens (tertiary/aromatic N) is 1. The highest BCUT2D eigenvalue weighted by Crippen LogP contribution is 2.52. The van der Waals surface area contributed by atoms with Crippen LogP contribution in [0.3, 0.4) is 0 Å². The molecule has 4 aliphatic carbocycles. The smallest absolute Gasteiger partial charge is 0.255 e. The molecule has 0 spiro atoms. The van der Waals surface area contributed by atoms with Crippen LogP contribution < -0.4 is 10.1 Å². The zero-order valence-electron chi connectivity index (χ0n) is 14.0. The number of rotatable bonds is 5. The monoisotopic (exact) mass is 361 g/mol. The van der Waals surface area contributed by atoms with Gasteiger partial charge in [-0.15, -0.1) is 0 Å². The standard InChI is InChI=1S/C18H23N3O3S/c22-17(11-19-25(23,24)16-4-2-1-3-5-16)20-21-18-14-7-12-6-13(9-14)10-15(18)8-12/h1-5,12-15,19H,6-11H2,(H,20,22). The number of hydrazone groups is 1. The molecule has 1 amide bonds. The van der Waals surface area contributed by atoms with Gasteiger partial charge in [-0.3, -0.25) is 4.79 Å². The van der Waals surface area contributed by atoms with E-state index in [9.17, 15) is 13.2 Å². The van der Waals surface area contributed by atoms with Crippen LogP contribution in [0, 0.1) is 23.7 Å². The molecular formula is C18H23N3O3S. The molecule has 2 N–H and O–H groups in total. The second-order valence-corrected chi connectivity index (χ2v) is 9.28. The van der Waals surface area contributed by atoms with Gasteiger partial charge in [-0.25, -0.2) is 18.6 Å². The molecule has 0 aliphatic heterocycles. The summed E-state index contributed by atoms with van der Waals surface area (Å²) in [5.74, 6) is 2.28. The van der Waals surface area contributed by atoms with Gasteiger partial charge in [-0.2, -0.15) is 5.10 Å². The van der Waals surface area contributed by atoms with Gasteiger partial charge in [0.15, 0.2) is 0 Å². The van der Waals surface area contributed by atoms with E-state index >= 15 is 0 Å². The quantitative estimate of drug-likeness (QED) is 0.785. The molecular weight excluding hydrogens is 338 g/mol. The van der Waals surface area contributed by atoms with Crippen LogP contribution in [0.1, 0.15) is 32.1 Å². The summed E-state index contributed by atoms with van der Waals surface area (Å²) in [6.07, 6.45) is 6.16.